The summed E-state index contributed by atoms with van der Waals surface area (Å²) < 4.78 is 0. The minimum absolute atomic E-state index is 0.836. The van der Waals surface area contributed by atoms with Crippen molar-refractivity contribution in [3.8, 4) is 0 Å². The zero-order valence-electron chi connectivity index (χ0n) is 6.24. The molecule has 0 fully saturated rings. The van der Waals surface area contributed by atoms with E-state index in [1.165, 1.54) is 5.57 Å². The van der Waals surface area contributed by atoms with Crippen LogP contribution < -0.4 is 0 Å². The Morgan fingerprint density at radius 1 is 1.33 bits per heavy atom. The number of hydrogen-bond acceptors (Lipinski definition) is 0. The molecule has 0 N–H and O–H groups in total. The maximum Gasteiger partial charge on any atom is 0.0149 e. The Kier molecular flexibility index (Phi) is 4.51. The van der Waals surface area contributed by atoms with E-state index in [1.54, 1.807) is 0 Å². The van der Waals surface area contributed by atoms with Crippen LogP contribution in [0.4, 0.5) is 0 Å². The van der Waals surface area contributed by atoms with Gasteiger partial charge in [0.05, 0.1) is 0 Å². The first kappa shape index (κ1) is 8.77. The topological polar surface area (TPSA) is 0 Å². The molecule has 0 aromatic carbocycles. The molecule has 0 aromatic heterocycles. The van der Waals surface area contributed by atoms with Crippen molar-refractivity contribution in [2.45, 2.75) is 27.2 Å². The molecule has 0 rings (SSSR count). The summed E-state index contributed by atoms with van der Waals surface area (Å²) in [5, 5.41) is 0.836. The van der Waals surface area contributed by atoms with E-state index in [0.717, 1.165) is 11.5 Å². The van der Waals surface area contributed by atoms with Crippen LogP contribution in [-0.4, -0.2) is 0 Å². The number of halogens is 1. The zero-order chi connectivity index (χ0) is 7.28. The van der Waals surface area contributed by atoms with Gasteiger partial charge < -0.3 is 0 Å². The van der Waals surface area contributed by atoms with Gasteiger partial charge in [0.15, 0.2) is 0 Å². The van der Waals surface area contributed by atoms with Crippen molar-refractivity contribution in [1.29, 1.82) is 0 Å². The summed E-state index contributed by atoms with van der Waals surface area (Å²) in [7, 11) is 0. The Morgan fingerprint density at radius 3 is 2.22 bits per heavy atom. The van der Waals surface area contributed by atoms with Crippen molar-refractivity contribution < 1.29 is 0 Å². The number of hydrogen-bond donors (Lipinski definition) is 0. The number of allylic oxidation sites excluding steroid dienone is 4. The van der Waals surface area contributed by atoms with Crippen LogP contribution in [0.3, 0.4) is 0 Å². The third-order valence-corrected chi connectivity index (χ3v) is 1.28. The molecule has 0 heterocycles. The minimum atomic E-state index is 0.836. The summed E-state index contributed by atoms with van der Waals surface area (Å²) in [6.07, 6.45) is 5.06. The molecular formula is C8H13Cl. The van der Waals surface area contributed by atoms with Gasteiger partial charge in [-0.05, 0) is 26.3 Å². The van der Waals surface area contributed by atoms with Gasteiger partial charge in [0.2, 0.25) is 0 Å². The first-order chi connectivity index (χ1) is 4.16. The summed E-state index contributed by atoms with van der Waals surface area (Å²) in [6, 6.07) is 0. The van der Waals surface area contributed by atoms with Crippen LogP contribution in [0, 0.1) is 0 Å². The molecule has 0 amide bonds. The molecule has 0 aliphatic rings. The van der Waals surface area contributed by atoms with Gasteiger partial charge in [-0.2, -0.15) is 0 Å². The zero-order valence-corrected chi connectivity index (χ0v) is 7.00. The molecule has 52 valence electrons. The molecule has 0 spiro atoms. The monoisotopic (exact) mass is 144 g/mol. The standard InChI is InChI=1S/C8H13Cl/c1-4-7(2)5-6-8(3)9/h5-6H,4H2,1-3H3. The SMILES string of the molecule is CCC(C)=CC=C(C)Cl. The first-order valence-corrected chi connectivity index (χ1v) is 3.54. The Labute approximate surface area is 62.2 Å². The lowest BCUT2D eigenvalue weighted by Crippen LogP contribution is -1.67. The summed E-state index contributed by atoms with van der Waals surface area (Å²) in [4.78, 5) is 0. The summed E-state index contributed by atoms with van der Waals surface area (Å²) in [6.45, 7) is 6.10. The van der Waals surface area contributed by atoms with Crippen LogP contribution in [-0.2, 0) is 0 Å². The highest BCUT2D eigenvalue weighted by Crippen LogP contribution is 2.02. The van der Waals surface area contributed by atoms with Gasteiger partial charge in [0, 0.05) is 5.03 Å². The highest BCUT2D eigenvalue weighted by molar-refractivity contribution is 6.29. The lowest BCUT2D eigenvalue weighted by molar-refractivity contribution is 1.10. The van der Waals surface area contributed by atoms with Crippen LogP contribution in [0.5, 0.6) is 0 Å². The van der Waals surface area contributed by atoms with Crippen LogP contribution in [0.1, 0.15) is 27.2 Å². The smallest absolute Gasteiger partial charge is 0.0149 e. The second-order valence-corrected chi connectivity index (χ2v) is 2.72. The van der Waals surface area contributed by atoms with Crippen LogP contribution >= 0.6 is 11.6 Å². The molecule has 0 unspecified atom stereocenters. The minimum Gasteiger partial charge on any atom is -0.0895 e. The van der Waals surface area contributed by atoms with Gasteiger partial charge in [-0.1, -0.05) is 30.2 Å². The fourth-order valence-corrected chi connectivity index (χ4v) is 0.438. The van der Waals surface area contributed by atoms with Crippen molar-refractivity contribution in [3.05, 3.63) is 22.8 Å². The fraction of sp³-hybridized carbons (Fsp3) is 0.500. The summed E-state index contributed by atoms with van der Waals surface area (Å²) in [5.41, 5.74) is 1.36. The quantitative estimate of drug-likeness (QED) is 0.521. The van der Waals surface area contributed by atoms with E-state index in [-0.39, 0.29) is 0 Å². The van der Waals surface area contributed by atoms with Gasteiger partial charge in [-0.15, -0.1) is 0 Å². The molecule has 0 bridgehead atoms. The largest absolute Gasteiger partial charge is 0.0895 e. The van der Waals surface area contributed by atoms with Crippen molar-refractivity contribution in [3.63, 3.8) is 0 Å². The Bertz CT molecular complexity index is 128. The van der Waals surface area contributed by atoms with Crippen molar-refractivity contribution in [1.82, 2.24) is 0 Å². The fourth-order valence-electron chi connectivity index (χ4n) is 0.375. The molecule has 0 aliphatic carbocycles. The molecule has 0 atom stereocenters. The second-order valence-electron chi connectivity index (χ2n) is 2.12. The van der Waals surface area contributed by atoms with Crippen LogP contribution in [0.15, 0.2) is 22.8 Å². The average molecular weight is 145 g/mol. The van der Waals surface area contributed by atoms with Crippen molar-refractivity contribution >= 4 is 11.6 Å². The second kappa shape index (κ2) is 4.63. The van der Waals surface area contributed by atoms with E-state index < -0.39 is 0 Å². The molecule has 0 saturated carbocycles. The van der Waals surface area contributed by atoms with Crippen molar-refractivity contribution in [2.75, 3.05) is 0 Å². The molecule has 0 saturated heterocycles. The van der Waals surface area contributed by atoms with E-state index in [1.807, 2.05) is 19.1 Å². The lowest BCUT2D eigenvalue weighted by Gasteiger charge is -1.88. The highest BCUT2D eigenvalue weighted by atomic mass is 35.5. The van der Waals surface area contributed by atoms with Gasteiger partial charge in [-0.25, -0.2) is 0 Å². The van der Waals surface area contributed by atoms with E-state index in [4.69, 9.17) is 11.6 Å². The Balaban J connectivity index is 3.83. The Morgan fingerprint density at radius 2 is 1.89 bits per heavy atom. The summed E-state index contributed by atoms with van der Waals surface area (Å²) >= 11 is 5.60. The molecule has 0 aromatic rings. The van der Waals surface area contributed by atoms with E-state index >= 15 is 0 Å². The van der Waals surface area contributed by atoms with Gasteiger partial charge in [-0.3, -0.25) is 0 Å². The van der Waals surface area contributed by atoms with Gasteiger partial charge >= 0.3 is 0 Å². The maximum absolute atomic E-state index is 5.60. The van der Waals surface area contributed by atoms with Crippen molar-refractivity contribution in [2.24, 2.45) is 0 Å². The molecule has 0 aliphatic heterocycles. The predicted octanol–water partition coefficient (Wildman–Crippen LogP) is 3.49. The van der Waals surface area contributed by atoms with E-state index in [2.05, 4.69) is 13.8 Å². The molecule has 0 radical (unpaired) electrons. The summed E-state index contributed by atoms with van der Waals surface area (Å²) in [5.74, 6) is 0. The highest BCUT2D eigenvalue weighted by Gasteiger charge is 1.79. The molecule has 9 heavy (non-hydrogen) atoms. The lowest BCUT2D eigenvalue weighted by atomic mass is 10.2. The molecular weight excluding hydrogens is 132 g/mol. The first-order valence-electron chi connectivity index (χ1n) is 3.16. The molecule has 1 heteroatoms. The molecule has 0 nitrogen and oxygen atoms in total. The van der Waals surface area contributed by atoms with Crippen LogP contribution in [0.2, 0.25) is 0 Å². The average Bonchev–Trinajstić information content (AvgIpc) is 1.83. The Hall–Kier alpha value is -0.230. The number of rotatable bonds is 2. The van der Waals surface area contributed by atoms with Crippen LogP contribution in [0.25, 0.3) is 0 Å². The van der Waals surface area contributed by atoms with E-state index in [0.29, 0.717) is 0 Å². The van der Waals surface area contributed by atoms with Gasteiger partial charge in [0.25, 0.3) is 0 Å². The normalized spacial score (nSPS) is 14.2. The predicted molar refractivity (Wildman–Crippen MR) is 43.7 cm³/mol. The van der Waals surface area contributed by atoms with Gasteiger partial charge in [0.1, 0.15) is 0 Å². The van der Waals surface area contributed by atoms with E-state index in [9.17, 15) is 0 Å². The third kappa shape index (κ3) is 5.64. The third-order valence-electron chi connectivity index (χ3n) is 1.16. The maximum atomic E-state index is 5.60.